The summed E-state index contributed by atoms with van der Waals surface area (Å²) in [6, 6.07) is 11.3. The zero-order chi connectivity index (χ0) is 10.7. The number of hydrogen-bond acceptors (Lipinski definition) is 0. The molecule has 0 aliphatic carbocycles. The molecular formula is C11H10Cl2N2+2. The molecule has 2 aromatic heterocycles. The van der Waals surface area contributed by atoms with Crippen LogP contribution in [0.2, 0.25) is 0 Å². The van der Waals surface area contributed by atoms with Crippen molar-refractivity contribution in [3.05, 3.63) is 61.2 Å². The van der Waals surface area contributed by atoms with Crippen molar-refractivity contribution in [1.29, 1.82) is 0 Å². The summed E-state index contributed by atoms with van der Waals surface area (Å²) in [5, 5.41) is 0. The monoisotopic (exact) mass is 240 g/mol. The highest BCUT2D eigenvalue weighted by Gasteiger charge is 2.45. The van der Waals surface area contributed by atoms with Crippen molar-refractivity contribution in [1.82, 2.24) is 0 Å². The van der Waals surface area contributed by atoms with Gasteiger partial charge in [0.05, 0.1) is 23.2 Å². The molecule has 0 saturated heterocycles. The van der Waals surface area contributed by atoms with Crippen LogP contribution in [0, 0.1) is 0 Å². The van der Waals surface area contributed by atoms with Gasteiger partial charge in [-0.3, -0.25) is 0 Å². The highest BCUT2D eigenvalue weighted by Crippen LogP contribution is 2.14. The molecule has 2 heterocycles. The lowest BCUT2D eigenvalue weighted by molar-refractivity contribution is -0.942. The Morgan fingerprint density at radius 2 is 0.933 bits per heavy atom. The smallest absolute Gasteiger partial charge is 0.112 e. The predicted octanol–water partition coefficient (Wildman–Crippen LogP) is 1.86. The van der Waals surface area contributed by atoms with Gasteiger partial charge in [0.1, 0.15) is 0 Å². The molecule has 0 N–H and O–H groups in total. The normalized spacial score (nSPS) is 11.3. The van der Waals surface area contributed by atoms with Crippen LogP contribution in [0.25, 0.3) is 0 Å². The lowest BCUT2D eigenvalue weighted by atomic mass is 10.5. The molecule has 2 rings (SSSR count). The Hall–Kier alpha value is -1.12. The molecule has 0 aromatic carbocycles. The van der Waals surface area contributed by atoms with Crippen LogP contribution in [-0.4, -0.2) is 0 Å². The molecule has 0 fully saturated rings. The van der Waals surface area contributed by atoms with Gasteiger partial charge in [-0.25, -0.2) is 0 Å². The first-order valence-electron chi connectivity index (χ1n) is 4.52. The predicted molar refractivity (Wildman–Crippen MR) is 58.4 cm³/mol. The molecule has 0 atom stereocenters. The molecule has 2 aromatic rings. The van der Waals surface area contributed by atoms with Gasteiger partial charge >= 0.3 is 4.58 Å². The number of pyridine rings is 2. The minimum Gasteiger partial charge on any atom is -0.112 e. The van der Waals surface area contributed by atoms with Gasteiger partial charge in [0.25, 0.3) is 0 Å². The fraction of sp³-hybridized carbons (Fsp3) is 0.0909. The lowest BCUT2D eigenvalue weighted by Gasteiger charge is -2.07. The van der Waals surface area contributed by atoms with Crippen LogP contribution in [0.15, 0.2) is 61.2 Å². The third-order valence-electron chi connectivity index (χ3n) is 2.05. The molecular weight excluding hydrogens is 231 g/mol. The quantitative estimate of drug-likeness (QED) is 0.560. The second kappa shape index (κ2) is 4.17. The topological polar surface area (TPSA) is 7.76 Å². The first-order valence-corrected chi connectivity index (χ1v) is 5.28. The van der Waals surface area contributed by atoms with Gasteiger partial charge in [-0.2, -0.15) is 0 Å². The molecule has 4 heteroatoms. The molecule has 0 aliphatic rings. The number of nitrogens with zero attached hydrogens (tertiary/aromatic N) is 2. The maximum absolute atomic E-state index is 6.28. The lowest BCUT2D eigenvalue weighted by Crippen LogP contribution is -2.66. The number of hydrogen-bond donors (Lipinski definition) is 0. The van der Waals surface area contributed by atoms with E-state index in [1.807, 2.05) is 61.2 Å². The number of aromatic nitrogens is 2. The van der Waals surface area contributed by atoms with E-state index in [1.165, 1.54) is 0 Å². The minimum atomic E-state index is -1.14. The van der Waals surface area contributed by atoms with Crippen LogP contribution in [0.1, 0.15) is 0 Å². The molecule has 0 aliphatic heterocycles. The summed E-state index contributed by atoms with van der Waals surface area (Å²) in [6.45, 7) is 0. The van der Waals surface area contributed by atoms with E-state index in [9.17, 15) is 0 Å². The Morgan fingerprint density at radius 3 is 1.27 bits per heavy atom. The summed E-state index contributed by atoms with van der Waals surface area (Å²) in [4.78, 5) is 0. The van der Waals surface area contributed by atoms with Crippen molar-refractivity contribution in [2.24, 2.45) is 0 Å². The summed E-state index contributed by atoms with van der Waals surface area (Å²) in [5.41, 5.74) is 0. The average molecular weight is 241 g/mol. The summed E-state index contributed by atoms with van der Waals surface area (Å²) in [5.74, 6) is 0. The fourth-order valence-corrected chi connectivity index (χ4v) is 1.74. The van der Waals surface area contributed by atoms with Gasteiger partial charge in [-0.1, -0.05) is 12.1 Å². The van der Waals surface area contributed by atoms with Crippen LogP contribution >= 0.6 is 23.2 Å². The molecule has 0 bridgehead atoms. The Morgan fingerprint density at radius 1 is 0.600 bits per heavy atom. The molecule has 2 nitrogen and oxygen atoms in total. The van der Waals surface area contributed by atoms with Crippen LogP contribution in [0.5, 0.6) is 0 Å². The van der Waals surface area contributed by atoms with Crippen molar-refractivity contribution in [2.75, 3.05) is 0 Å². The van der Waals surface area contributed by atoms with Crippen molar-refractivity contribution in [3.8, 4) is 0 Å². The Bertz CT molecular complexity index is 387. The van der Waals surface area contributed by atoms with Gasteiger partial charge in [-0.15, -0.1) is 9.13 Å². The van der Waals surface area contributed by atoms with E-state index >= 15 is 0 Å². The van der Waals surface area contributed by atoms with Crippen molar-refractivity contribution < 1.29 is 9.13 Å². The van der Waals surface area contributed by atoms with Gasteiger partial charge < -0.3 is 0 Å². The van der Waals surface area contributed by atoms with E-state index in [0.29, 0.717) is 0 Å². The molecule has 0 saturated carbocycles. The molecule has 15 heavy (non-hydrogen) atoms. The van der Waals surface area contributed by atoms with Crippen molar-refractivity contribution in [3.63, 3.8) is 0 Å². The highest BCUT2D eigenvalue weighted by molar-refractivity contribution is 6.42. The SMILES string of the molecule is ClC(Cl)([n+]1ccccc1)[n+]1ccccc1. The van der Waals surface area contributed by atoms with Crippen LogP contribution in [0.3, 0.4) is 0 Å². The Balaban J connectivity index is 2.44. The second-order valence-electron chi connectivity index (χ2n) is 3.08. The minimum absolute atomic E-state index is 1.14. The van der Waals surface area contributed by atoms with E-state index in [2.05, 4.69) is 0 Å². The maximum Gasteiger partial charge on any atom is 0.526 e. The van der Waals surface area contributed by atoms with Crippen molar-refractivity contribution >= 4 is 23.2 Å². The molecule has 76 valence electrons. The summed E-state index contributed by atoms with van der Waals surface area (Å²) in [7, 11) is 0. The Kier molecular flexibility index (Phi) is 2.89. The largest absolute Gasteiger partial charge is 0.526 e. The summed E-state index contributed by atoms with van der Waals surface area (Å²) >= 11 is 12.6. The van der Waals surface area contributed by atoms with E-state index in [1.54, 1.807) is 9.13 Å². The molecule has 0 radical (unpaired) electrons. The first-order chi connectivity index (χ1) is 7.21. The van der Waals surface area contributed by atoms with Gasteiger partial charge in [0, 0.05) is 24.3 Å². The van der Waals surface area contributed by atoms with E-state index in [4.69, 9.17) is 23.2 Å². The summed E-state index contributed by atoms with van der Waals surface area (Å²) in [6.07, 6.45) is 7.28. The fourth-order valence-electron chi connectivity index (χ4n) is 1.29. The van der Waals surface area contributed by atoms with Gasteiger partial charge in [0.15, 0.2) is 24.8 Å². The van der Waals surface area contributed by atoms with E-state index < -0.39 is 4.58 Å². The maximum atomic E-state index is 6.28. The summed E-state index contributed by atoms with van der Waals surface area (Å²) < 4.78 is 2.30. The first kappa shape index (κ1) is 10.4. The Labute approximate surface area is 98.3 Å². The highest BCUT2D eigenvalue weighted by atomic mass is 35.5. The third kappa shape index (κ3) is 2.11. The van der Waals surface area contributed by atoms with Gasteiger partial charge in [-0.05, 0) is 0 Å². The number of halogens is 2. The van der Waals surface area contributed by atoms with Gasteiger partial charge in [0.2, 0.25) is 0 Å². The van der Waals surface area contributed by atoms with Crippen molar-refractivity contribution in [2.45, 2.75) is 4.58 Å². The van der Waals surface area contributed by atoms with Crippen LogP contribution in [0.4, 0.5) is 0 Å². The zero-order valence-corrected chi connectivity index (χ0v) is 9.44. The van der Waals surface area contributed by atoms with Crippen LogP contribution in [-0.2, 0) is 4.58 Å². The molecule has 0 amide bonds. The standard InChI is InChI=1S/C11H10Cl2N2/c12-11(13,14-7-3-1-4-8-14)15-9-5-2-6-10-15/h1-10H/q+2. The number of rotatable bonds is 2. The van der Waals surface area contributed by atoms with E-state index in [-0.39, 0.29) is 0 Å². The molecule has 0 spiro atoms. The number of alkyl halides is 2. The average Bonchev–Trinajstić information content (AvgIpc) is 2.31. The second-order valence-corrected chi connectivity index (χ2v) is 4.32. The third-order valence-corrected chi connectivity index (χ3v) is 2.83. The van der Waals surface area contributed by atoms with Crippen LogP contribution < -0.4 is 9.13 Å². The van der Waals surface area contributed by atoms with E-state index in [0.717, 1.165) is 0 Å². The molecule has 0 unspecified atom stereocenters. The zero-order valence-electron chi connectivity index (χ0n) is 7.92.